The van der Waals surface area contributed by atoms with E-state index in [1.165, 1.54) is 11.6 Å². The van der Waals surface area contributed by atoms with E-state index in [1.54, 1.807) is 26.0 Å². The lowest BCUT2D eigenvalue weighted by Gasteiger charge is -2.12. The molecule has 0 fully saturated rings. The van der Waals surface area contributed by atoms with Crippen LogP contribution >= 0.6 is 11.6 Å². The van der Waals surface area contributed by atoms with Crippen molar-refractivity contribution in [3.05, 3.63) is 34.9 Å². The van der Waals surface area contributed by atoms with Gasteiger partial charge in [0.2, 0.25) is 10.0 Å². The SMILES string of the molecule is Cc1c(OC/C=C/Cl)ccc(S(N)(=O)=O)c1C. The number of hydrogen-bond donors (Lipinski definition) is 1. The first kappa shape index (κ1) is 14.0. The largest absolute Gasteiger partial charge is 0.489 e. The van der Waals surface area contributed by atoms with Crippen LogP contribution in [0.25, 0.3) is 0 Å². The Bertz CT molecular complexity index is 538. The van der Waals surface area contributed by atoms with Crippen LogP contribution in [0.15, 0.2) is 28.6 Å². The van der Waals surface area contributed by atoms with Crippen LogP contribution in [-0.2, 0) is 10.0 Å². The minimum atomic E-state index is -3.69. The normalized spacial score (nSPS) is 12.0. The van der Waals surface area contributed by atoms with Crippen molar-refractivity contribution in [2.24, 2.45) is 5.14 Å². The zero-order chi connectivity index (χ0) is 13.1. The summed E-state index contributed by atoms with van der Waals surface area (Å²) in [6, 6.07) is 3.03. The maximum absolute atomic E-state index is 11.3. The summed E-state index contributed by atoms with van der Waals surface area (Å²) in [6.07, 6.45) is 1.64. The van der Waals surface area contributed by atoms with Crippen LogP contribution in [0.1, 0.15) is 11.1 Å². The van der Waals surface area contributed by atoms with Gasteiger partial charge >= 0.3 is 0 Å². The fourth-order valence-electron chi connectivity index (χ4n) is 1.41. The van der Waals surface area contributed by atoms with Crippen molar-refractivity contribution in [1.82, 2.24) is 0 Å². The Balaban J connectivity index is 3.11. The molecule has 6 heteroatoms. The van der Waals surface area contributed by atoms with E-state index in [9.17, 15) is 8.42 Å². The summed E-state index contributed by atoms with van der Waals surface area (Å²) < 4.78 is 28.0. The van der Waals surface area contributed by atoms with Gasteiger partial charge in [-0.05, 0) is 43.2 Å². The molecule has 0 aliphatic heterocycles. The van der Waals surface area contributed by atoms with Crippen molar-refractivity contribution in [1.29, 1.82) is 0 Å². The molecule has 0 spiro atoms. The Labute approximate surface area is 106 Å². The molecular formula is C11H14ClNO3S. The van der Waals surface area contributed by atoms with Crippen molar-refractivity contribution in [3.8, 4) is 5.75 Å². The predicted octanol–water partition coefficient (Wildman–Crippen LogP) is 2.08. The van der Waals surface area contributed by atoms with Gasteiger partial charge in [-0.15, -0.1) is 0 Å². The maximum atomic E-state index is 11.3. The van der Waals surface area contributed by atoms with E-state index in [-0.39, 0.29) is 4.90 Å². The van der Waals surface area contributed by atoms with Crippen LogP contribution in [0, 0.1) is 13.8 Å². The topological polar surface area (TPSA) is 69.4 Å². The number of ether oxygens (including phenoxy) is 1. The Morgan fingerprint density at radius 1 is 1.35 bits per heavy atom. The number of benzene rings is 1. The van der Waals surface area contributed by atoms with Crippen LogP contribution in [0.4, 0.5) is 0 Å². The molecule has 0 bridgehead atoms. The standard InChI is InChI=1S/C11H14ClNO3S/c1-8-9(2)11(17(13,14)15)5-4-10(8)16-7-3-6-12/h3-6H,7H2,1-2H3,(H2,13,14,15)/b6-3+. The minimum absolute atomic E-state index is 0.121. The van der Waals surface area contributed by atoms with E-state index >= 15 is 0 Å². The van der Waals surface area contributed by atoms with Gasteiger partial charge in [-0.3, -0.25) is 0 Å². The van der Waals surface area contributed by atoms with Gasteiger partial charge in [0.1, 0.15) is 12.4 Å². The van der Waals surface area contributed by atoms with Gasteiger partial charge in [-0.1, -0.05) is 11.6 Å². The molecule has 0 atom stereocenters. The second-order valence-electron chi connectivity index (χ2n) is 3.53. The molecule has 1 rings (SSSR count). The Kier molecular flexibility index (Phi) is 4.56. The van der Waals surface area contributed by atoms with Crippen LogP contribution < -0.4 is 9.88 Å². The molecule has 1 aromatic carbocycles. The van der Waals surface area contributed by atoms with Crippen LogP contribution in [0.3, 0.4) is 0 Å². The fourth-order valence-corrected chi connectivity index (χ4v) is 2.32. The lowest BCUT2D eigenvalue weighted by atomic mass is 10.1. The summed E-state index contributed by atoms with van der Waals surface area (Å²) in [6.45, 7) is 3.81. The van der Waals surface area contributed by atoms with Gasteiger partial charge in [0.25, 0.3) is 0 Å². The molecule has 4 nitrogen and oxygen atoms in total. The van der Waals surface area contributed by atoms with Crippen LogP contribution in [0.2, 0.25) is 0 Å². The molecule has 17 heavy (non-hydrogen) atoms. The Hall–Kier alpha value is -1.04. The quantitative estimate of drug-likeness (QED) is 0.915. The van der Waals surface area contributed by atoms with Crippen LogP contribution in [0.5, 0.6) is 5.75 Å². The van der Waals surface area contributed by atoms with E-state index < -0.39 is 10.0 Å². The monoisotopic (exact) mass is 275 g/mol. The maximum Gasteiger partial charge on any atom is 0.238 e. The molecule has 0 unspecified atom stereocenters. The van der Waals surface area contributed by atoms with Gasteiger partial charge in [-0.25, -0.2) is 13.6 Å². The molecule has 0 aliphatic rings. The summed E-state index contributed by atoms with van der Waals surface area (Å²) in [7, 11) is -3.69. The minimum Gasteiger partial charge on any atom is -0.489 e. The van der Waals surface area contributed by atoms with E-state index in [4.69, 9.17) is 21.5 Å². The highest BCUT2D eigenvalue weighted by molar-refractivity contribution is 7.89. The van der Waals surface area contributed by atoms with E-state index in [1.807, 2.05) is 0 Å². The smallest absolute Gasteiger partial charge is 0.238 e. The highest BCUT2D eigenvalue weighted by Crippen LogP contribution is 2.26. The molecule has 0 saturated carbocycles. The third kappa shape index (κ3) is 3.46. The van der Waals surface area contributed by atoms with Crippen LogP contribution in [-0.4, -0.2) is 15.0 Å². The van der Waals surface area contributed by atoms with Crippen molar-refractivity contribution in [2.45, 2.75) is 18.7 Å². The molecular weight excluding hydrogens is 262 g/mol. The second-order valence-corrected chi connectivity index (χ2v) is 5.31. The number of rotatable bonds is 4. The van der Waals surface area contributed by atoms with Gasteiger partial charge in [0.15, 0.2) is 0 Å². The molecule has 0 aromatic heterocycles. The second kappa shape index (κ2) is 5.53. The summed E-state index contributed by atoms with van der Waals surface area (Å²) in [5.41, 5.74) is 2.71. The van der Waals surface area contributed by atoms with Gasteiger partial charge in [0, 0.05) is 5.54 Å². The predicted molar refractivity (Wildman–Crippen MR) is 67.8 cm³/mol. The number of halogens is 1. The number of primary sulfonamides is 1. The molecule has 0 aliphatic carbocycles. The molecule has 0 radical (unpaired) electrons. The van der Waals surface area contributed by atoms with Crippen molar-refractivity contribution in [2.75, 3.05) is 6.61 Å². The summed E-state index contributed by atoms with van der Waals surface area (Å²) in [4.78, 5) is 0.121. The zero-order valence-electron chi connectivity index (χ0n) is 9.60. The lowest BCUT2D eigenvalue weighted by Crippen LogP contribution is -2.14. The summed E-state index contributed by atoms with van der Waals surface area (Å²) in [5, 5.41) is 5.10. The molecule has 94 valence electrons. The summed E-state index contributed by atoms with van der Waals surface area (Å²) >= 11 is 5.37. The first-order valence-electron chi connectivity index (χ1n) is 4.89. The van der Waals surface area contributed by atoms with Gasteiger partial charge < -0.3 is 4.74 Å². The van der Waals surface area contributed by atoms with Gasteiger partial charge in [-0.2, -0.15) is 0 Å². The first-order chi connectivity index (χ1) is 7.88. The highest BCUT2D eigenvalue weighted by atomic mass is 35.5. The number of hydrogen-bond acceptors (Lipinski definition) is 3. The van der Waals surface area contributed by atoms with E-state index in [2.05, 4.69) is 0 Å². The summed E-state index contributed by atoms with van der Waals surface area (Å²) in [5.74, 6) is 0.615. The fraction of sp³-hybridized carbons (Fsp3) is 0.273. The lowest BCUT2D eigenvalue weighted by molar-refractivity contribution is 0.360. The molecule has 0 saturated heterocycles. The molecule has 1 aromatic rings. The van der Waals surface area contributed by atoms with Crippen molar-refractivity contribution in [3.63, 3.8) is 0 Å². The van der Waals surface area contributed by atoms with E-state index in [0.29, 0.717) is 17.9 Å². The highest BCUT2D eigenvalue weighted by Gasteiger charge is 2.15. The average Bonchev–Trinajstić information content (AvgIpc) is 2.23. The third-order valence-electron chi connectivity index (χ3n) is 2.42. The molecule has 0 amide bonds. The Morgan fingerprint density at radius 3 is 2.53 bits per heavy atom. The van der Waals surface area contributed by atoms with Crippen molar-refractivity contribution < 1.29 is 13.2 Å². The van der Waals surface area contributed by atoms with Gasteiger partial charge in [0.05, 0.1) is 4.90 Å². The van der Waals surface area contributed by atoms with E-state index in [0.717, 1.165) is 5.56 Å². The third-order valence-corrected chi connectivity index (χ3v) is 3.65. The molecule has 0 heterocycles. The number of nitrogens with two attached hydrogens (primary N) is 1. The van der Waals surface area contributed by atoms with Crippen molar-refractivity contribution >= 4 is 21.6 Å². The Morgan fingerprint density at radius 2 is 2.00 bits per heavy atom. The number of sulfonamides is 1. The molecule has 2 N–H and O–H groups in total. The first-order valence-corrected chi connectivity index (χ1v) is 6.87. The zero-order valence-corrected chi connectivity index (χ0v) is 11.2. The average molecular weight is 276 g/mol.